The summed E-state index contributed by atoms with van der Waals surface area (Å²) in [5, 5.41) is 0. The highest BCUT2D eigenvalue weighted by Crippen LogP contribution is 2.12. The third-order valence-electron chi connectivity index (χ3n) is 1.78. The van der Waals surface area contributed by atoms with Crippen LogP contribution in [0.3, 0.4) is 0 Å². The van der Waals surface area contributed by atoms with Gasteiger partial charge >= 0.3 is 0 Å². The second kappa shape index (κ2) is 5.08. The molecule has 72 valence electrons. The van der Waals surface area contributed by atoms with Gasteiger partial charge in [-0.15, -0.1) is 0 Å². The zero-order chi connectivity index (χ0) is 10.4. The van der Waals surface area contributed by atoms with Crippen LogP contribution in [0.1, 0.15) is 12.0 Å². The average molecular weight is 187 g/mol. The number of carbonyl (C=O) groups excluding carboxylic acids is 1. The molecule has 2 nitrogen and oxygen atoms in total. The van der Waals surface area contributed by atoms with Crippen molar-refractivity contribution in [3.8, 4) is 11.8 Å². The molecule has 2 heteroatoms. The molecule has 1 aromatic rings. The lowest BCUT2D eigenvalue weighted by Crippen LogP contribution is -2.08. The van der Waals surface area contributed by atoms with E-state index in [-0.39, 0.29) is 0 Å². The molecule has 0 aliphatic carbocycles. The molecule has 1 rings (SSSR count). The summed E-state index contributed by atoms with van der Waals surface area (Å²) in [4.78, 5) is 12.1. The maximum Gasteiger partial charge on any atom is 0.131 e. The van der Waals surface area contributed by atoms with Crippen molar-refractivity contribution in [2.24, 2.45) is 0 Å². The zero-order valence-corrected chi connectivity index (χ0v) is 8.45. The van der Waals surface area contributed by atoms with E-state index in [2.05, 4.69) is 11.8 Å². The minimum atomic E-state index is 0.298. The van der Waals surface area contributed by atoms with E-state index < -0.39 is 0 Å². The minimum Gasteiger partial charge on any atom is -0.378 e. The Kier molecular flexibility index (Phi) is 3.75. The molecular formula is C12H13NO. The number of aldehydes is 1. The number of rotatable bonds is 2. The van der Waals surface area contributed by atoms with E-state index in [0.29, 0.717) is 6.42 Å². The van der Waals surface area contributed by atoms with E-state index in [1.165, 1.54) is 0 Å². The van der Waals surface area contributed by atoms with E-state index in [1.807, 2.05) is 43.3 Å². The Morgan fingerprint density at radius 2 is 2.21 bits per heavy atom. The van der Waals surface area contributed by atoms with Gasteiger partial charge in [0.15, 0.2) is 0 Å². The molecule has 1 aromatic carbocycles. The quantitative estimate of drug-likeness (QED) is 0.518. The van der Waals surface area contributed by atoms with Gasteiger partial charge in [0.2, 0.25) is 0 Å². The van der Waals surface area contributed by atoms with Crippen LogP contribution in [0.4, 0.5) is 5.69 Å². The van der Waals surface area contributed by atoms with Crippen LogP contribution in [-0.2, 0) is 4.79 Å². The molecule has 14 heavy (non-hydrogen) atoms. The predicted octanol–water partition coefficient (Wildman–Crippen LogP) is 1.69. The van der Waals surface area contributed by atoms with Crippen molar-refractivity contribution in [2.45, 2.75) is 6.42 Å². The van der Waals surface area contributed by atoms with E-state index in [0.717, 1.165) is 17.5 Å². The zero-order valence-electron chi connectivity index (χ0n) is 8.45. The number of hydrogen-bond donors (Lipinski definition) is 0. The summed E-state index contributed by atoms with van der Waals surface area (Å²) in [6.45, 7) is 0. The molecule has 0 saturated heterocycles. The molecule has 0 aliphatic rings. The maximum absolute atomic E-state index is 10.1. The van der Waals surface area contributed by atoms with Crippen LogP contribution in [0.15, 0.2) is 24.3 Å². The number of hydrogen-bond acceptors (Lipinski definition) is 2. The average Bonchev–Trinajstić information content (AvgIpc) is 2.19. The normalized spacial score (nSPS) is 8.71. The molecule has 0 aromatic heterocycles. The van der Waals surface area contributed by atoms with Crippen molar-refractivity contribution >= 4 is 12.0 Å². The third kappa shape index (κ3) is 2.95. The second-order valence-electron chi connectivity index (χ2n) is 3.12. The standard InChI is InChI=1S/C12H13NO/c1-13(2)12-8-5-7-11(10-12)6-3-4-9-14/h5,7-10H,4H2,1-2H3. The van der Waals surface area contributed by atoms with Crippen LogP contribution in [-0.4, -0.2) is 20.4 Å². The summed E-state index contributed by atoms with van der Waals surface area (Å²) >= 11 is 0. The Balaban J connectivity index is 2.85. The van der Waals surface area contributed by atoms with E-state index in [1.54, 1.807) is 0 Å². The van der Waals surface area contributed by atoms with E-state index in [9.17, 15) is 4.79 Å². The number of carbonyl (C=O) groups is 1. The number of anilines is 1. The molecule has 0 saturated carbocycles. The molecule has 0 spiro atoms. The monoisotopic (exact) mass is 187 g/mol. The van der Waals surface area contributed by atoms with Gasteiger partial charge in [0.05, 0.1) is 6.42 Å². The summed E-state index contributed by atoms with van der Waals surface area (Å²) in [5.74, 6) is 5.71. The molecule has 0 fully saturated rings. The second-order valence-corrected chi connectivity index (χ2v) is 3.12. The summed E-state index contributed by atoms with van der Waals surface area (Å²) in [6.07, 6.45) is 1.11. The van der Waals surface area contributed by atoms with Crippen LogP contribution in [0.5, 0.6) is 0 Å². The van der Waals surface area contributed by atoms with Crippen molar-refractivity contribution in [2.75, 3.05) is 19.0 Å². The highest BCUT2D eigenvalue weighted by molar-refractivity contribution is 5.56. The molecule has 0 unspecified atom stereocenters. The molecule has 0 bridgehead atoms. The first kappa shape index (κ1) is 10.3. The first-order valence-electron chi connectivity index (χ1n) is 4.44. The van der Waals surface area contributed by atoms with Crippen molar-refractivity contribution < 1.29 is 4.79 Å². The van der Waals surface area contributed by atoms with Gasteiger partial charge in [0, 0.05) is 25.3 Å². The van der Waals surface area contributed by atoms with Gasteiger partial charge in [0.25, 0.3) is 0 Å². The van der Waals surface area contributed by atoms with E-state index >= 15 is 0 Å². The van der Waals surface area contributed by atoms with Crippen LogP contribution >= 0.6 is 0 Å². The van der Waals surface area contributed by atoms with Crippen LogP contribution in [0, 0.1) is 11.8 Å². The van der Waals surface area contributed by atoms with Crippen molar-refractivity contribution in [3.63, 3.8) is 0 Å². The van der Waals surface area contributed by atoms with Gasteiger partial charge in [-0.1, -0.05) is 17.9 Å². The van der Waals surface area contributed by atoms with Gasteiger partial charge in [0.1, 0.15) is 6.29 Å². The fourth-order valence-corrected chi connectivity index (χ4v) is 1.06. The SMILES string of the molecule is CN(C)c1cccc(C#CCC=O)c1. The van der Waals surface area contributed by atoms with Crippen LogP contribution < -0.4 is 4.90 Å². The van der Waals surface area contributed by atoms with Gasteiger partial charge in [-0.25, -0.2) is 0 Å². The lowest BCUT2D eigenvalue weighted by Gasteiger charge is -2.11. The van der Waals surface area contributed by atoms with Crippen molar-refractivity contribution in [1.82, 2.24) is 0 Å². The molecule has 0 aliphatic heterocycles. The smallest absolute Gasteiger partial charge is 0.131 e. The molecule has 0 radical (unpaired) electrons. The third-order valence-corrected chi connectivity index (χ3v) is 1.78. The Labute approximate surface area is 84.5 Å². The molecule has 0 heterocycles. The number of nitrogens with zero attached hydrogens (tertiary/aromatic N) is 1. The van der Waals surface area contributed by atoms with E-state index in [4.69, 9.17) is 0 Å². The first-order chi connectivity index (χ1) is 6.74. The summed E-state index contributed by atoms with van der Waals surface area (Å²) in [7, 11) is 3.97. The van der Waals surface area contributed by atoms with Gasteiger partial charge in [-0.2, -0.15) is 0 Å². The molecule has 0 atom stereocenters. The van der Waals surface area contributed by atoms with Crippen molar-refractivity contribution in [3.05, 3.63) is 29.8 Å². The van der Waals surface area contributed by atoms with Gasteiger partial charge < -0.3 is 9.69 Å². The Bertz CT molecular complexity index is 371. The van der Waals surface area contributed by atoms with Gasteiger partial charge in [-0.3, -0.25) is 0 Å². The summed E-state index contributed by atoms with van der Waals surface area (Å²) in [6, 6.07) is 7.91. The Morgan fingerprint density at radius 1 is 1.43 bits per heavy atom. The van der Waals surface area contributed by atoms with Crippen molar-refractivity contribution in [1.29, 1.82) is 0 Å². The fraction of sp³-hybridized carbons (Fsp3) is 0.250. The highest BCUT2D eigenvalue weighted by atomic mass is 16.1. The number of benzene rings is 1. The predicted molar refractivity (Wildman–Crippen MR) is 58.3 cm³/mol. The minimum absolute atomic E-state index is 0.298. The maximum atomic E-state index is 10.1. The van der Waals surface area contributed by atoms with Crippen LogP contribution in [0.25, 0.3) is 0 Å². The summed E-state index contributed by atoms with van der Waals surface area (Å²) < 4.78 is 0. The molecule has 0 amide bonds. The largest absolute Gasteiger partial charge is 0.378 e. The first-order valence-corrected chi connectivity index (χ1v) is 4.44. The van der Waals surface area contributed by atoms with Gasteiger partial charge in [-0.05, 0) is 18.2 Å². The fourth-order valence-electron chi connectivity index (χ4n) is 1.06. The topological polar surface area (TPSA) is 20.3 Å². The lowest BCUT2D eigenvalue weighted by molar-refractivity contribution is -0.107. The van der Waals surface area contributed by atoms with Crippen LogP contribution in [0.2, 0.25) is 0 Å². The highest BCUT2D eigenvalue weighted by Gasteiger charge is 1.94. The Hall–Kier alpha value is -1.75. The lowest BCUT2D eigenvalue weighted by atomic mass is 10.2. The summed E-state index contributed by atoms with van der Waals surface area (Å²) in [5.41, 5.74) is 2.06. The molecular weight excluding hydrogens is 174 g/mol. The molecule has 0 N–H and O–H groups in total. The Morgan fingerprint density at radius 3 is 2.86 bits per heavy atom.